The molecule has 0 aromatic carbocycles. The summed E-state index contributed by atoms with van der Waals surface area (Å²) in [7, 11) is 0. The van der Waals surface area contributed by atoms with Crippen LogP contribution in [0, 0.1) is 0 Å². The number of nitrogens with zero attached hydrogens (tertiary/aromatic N) is 4. The number of hydrogen-bond acceptors (Lipinski definition) is 6. The summed E-state index contributed by atoms with van der Waals surface area (Å²) in [4.78, 5) is 23.5. The van der Waals surface area contributed by atoms with E-state index in [-0.39, 0.29) is 17.8 Å². The van der Waals surface area contributed by atoms with Crippen LogP contribution in [0.4, 0.5) is 16.3 Å². The van der Waals surface area contributed by atoms with Crippen molar-refractivity contribution in [2.24, 2.45) is 0 Å². The van der Waals surface area contributed by atoms with Gasteiger partial charge in [-0.15, -0.1) is 0 Å². The molecule has 2 aliphatic rings. The summed E-state index contributed by atoms with van der Waals surface area (Å²) in [6, 6.07) is 2.14. The highest BCUT2D eigenvalue weighted by molar-refractivity contribution is 9.10. The van der Waals surface area contributed by atoms with Crippen LogP contribution in [0.1, 0.15) is 48.0 Å². The van der Waals surface area contributed by atoms with Gasteiger partial charge in [0.15, 0.2) is 5.82 Å². The average Bonchev–Trinajstić information content (AvgIpc) is 3.07. The molecule has 0 radical (unpaired) electrons. The van der Waals surface area contributed by atoms with E-state index >= 15 is 0 Å². The number of carbonyl (C=O) groups excluding carboxylic acids is 1. The van der Waals surface area contributed by atoms with Gasteiger partial charge < -0.3 is 24.2 Å². The minimum absolute atomic E-state index is 0.142. The van der Waals surface area contributed by atoms with Crippen LogP contribution in [0.5, 0.6) is 0 Å². The van der Waals surface area contributed by atoms with Gasteiger partial charge in [0.25, 0.3) is 0 Å². The van der Waals surface area contributed by atoms with Crippen LogP contribution < -0.4 is 9.80 Å². The van der Waals surface area contributed by atoms with Crippen LogP contribution in [-0.2, 0) is 9.47 Å². The van der Waals surface area contributed by atoms with Crippen LogP contribution in [0.3, 0.4) is 0 Å². The molecule has 3 heterocycles. The van der Waals surface area contributed by atoms with Crippen molar-refractivity contribution in [2.75, 3.05) is 49.1 Å². The predicted molar refractivity (Wildman–Crippen MR) is 123 cm³/mol. The lowest BCUT2D eigenvalue weighted by Gasteiger charge is -2.37. The summed E-state index contributed by atoms with van der Waals surface area (Å²) in [5, 5.41) is 0. The summed E-state index contributed by atoms with van der Waals surface area (Å²) >= 11 is 3.58. The Morgan fingerprint density at radius 3 is 2.30 bits per heavy atom. The lowest BCUT2D eigenvalue weighted by Crippen LogP contribution is -2.50. The molecule has 0 spiro atoms. The largest absolute Gasteiger partial charge is 0.444 e. The molecule has 1 atom stereocenters. The normalized spacial score (nSPS) is 20.6. The molecule has 3 rings (SSSR count). The number of rotatable bonds is 3. The van der Waals surface area contributed by atoms with Crippen LogP contribution in [0.2, 0.25) is 0 Å². The quantitative estimate of drug-likeness (QED) is 0.639. The van der Waals surface area contributed by atoms with E-state index in [1.54, 1.807) is 4.90 Å². The number of ether oxygens (including phenoxy) is 2. The van der Waals surface area contributed by atoms with Crippen molar-refractivity contribution in [1.29, 1.82) is 0 Å². The number of amides is 1. The first-order valence-electron chi connectivity index (χ1n) is 10.7. The van der Waals surface area contributed by atoms with Crippen molar-refractivity contribution in [2.45, 2.75) is 65.3 Å². The molecule has 2 fully saturated rings. The molecule has 0 saturated carbocycles. The van der Waals surface area contributed by atoms with E-state index in [1.807, 2.05) is 27.0 Å². The smallest absolute Gasteiger partial charge is 0.410 e. The third-order valence-electron chi connectivity index (χ3n) is 5.05. The Morgan fingerprint density at radius 1 is 1.03 bits per heavy atom. The van der Waals surface area contributed by atoms with Gasteiger partial charge in [-0.1, -0.05) is 0 Å². The van der Waals surface area contributed by atoms with Gasteiger partial charge in [0.2, 0.25) is 0 Å². The highest BCUT2D eigenvalue weighted by Gasteiger charge is 2.31. The molecule has 0 bridgehead atoms. The second-order valence-corrected chi connectivity index (χ2v) is 11.0. The van der Waals surface area contributed by atoms with Crippen LogP contribution in [0.15, 0.2) is 16.7 Å². The van der Waals surface area contributed by atoms with Crippen molar-refractivity contribution < 1.29 is 14.3 Å². The summed E-state index contributed by atoms with van der Waals surface area (Å²) in [5.41, 5.74) is 0.502. The van der Waals surface area contributed by atoms with E-state index in [4.69, 9.17) is 14.5 Å². The maximum absolute atomic E-state index is 12.4. The Kier molecular flexibility index (Phi) is 6.87. The Bertz CT molecular complexity index is 752. The molecule has 7 nitrogen and oxygen atoms in total. The first-order valence-corrected chi connectivity index (χ1v) is 11.5. The summed E-state index contributed by atoms with van der Waals surface area (Å²) in [6.07, 6.45) is 2.84. The number of carbonyl (C=O) groups is 1. The molecule has 0 N–H and O–H groups in total. The zero-order valence-electron chi connectivity index (χ0n) is 19.1. The fraction of sp³-hybridized carbons (Fsp3) is 0.727. The van der Waals surface area contributed by atoms with Crippen molar-refractivity contribution in [3.63, 3.8) is 0 Å². The predicted octanol–water partition coefficient (Wildman–Crippen LogP) is 4.30. The fourth-order valence-electron chi connectivity index (χ4n) is 3.87. The van der Waals surface area contributed by atoms with E-state index in [0.717, 1.165) is 48.6 Å². The minimum atomic E-state index is -0.476. The molecule has 1 amide bonds. The average molecular weight is 483 g/mol. The number of aromatic nitrogens is 1. The topological polar surface area (TPSA) is 58.1 Å². The molecular weight excluding hydrogens is 448 g/mol. The van der Waals surface area contributed by atoms with Crippen molar-refractivity contribution in [3.8, 4) is 0 Å². The number of pyridine rings is 1. The Hall–Kier alpha value is -1.54. The highest BCUT2D eigenvalue weighted by Crippen LogP contribution is 2.34. The summed E-state index contributed by atoms with van der Waals surface area (Å²) < 4.78 is 12.7. The van der Waals surface area contributed by atoms with Crippen LogP contribution >= 0.6 is 15.9 Å². The van der Waals surface area contributed by atoms with E-state index in [2.05, 4.69) is 52.6 Å². The van der Waals surface area contributed by atoms with Gasteiger partial charge in [-0.05, 0) is 70.0 Å². The molecule has 30 heavy (non-hydrogen) atoms. The molecule has 8 heteroatoms. The van der Waals surface area contributed by atoms with Gasteiger partial charge >= 0.3 is 6.09 Å². The highest BCUT2D eigenvalue weighted by atomic mass is 79.9. The Morgan fingerprint density at radius 2 is 1.70 bits per heavy atom. The third-order valence-corrected chi connectivity index (χ3v) is 5.48. The molecule has 2 aliphatic heterocycles. The Balaban J connectivity index is 1.67. The number of hydrogen-bond donors (Lipinski definition) is 0. The van der Waals surface area contributed by atoms with E-state index in [9.17, 15) is 4.79 Å². The molecule has 168 valence electrons. The fourth-order valence-corrected chi connectivity index (χ4v) is 4.19. The van der Waals surface area contributed by atoms with Crippen molar-refractivity contribution in [1.82, 2.24) is 9.88 Å². The SMILES string of the molecule is CC(C)(C)OC(=O)N1CCN(c2ncc(Br)cc2N2CC[C@H](OC(C)(C)C)C2)CC1. The van der Waals surface area contributed by atoms with Crippen LogP contribution in [0.25, 0.3) is 0 Å². The van der Waals surface area contributed by atoms with E-state index < -0.39 is 5.60 Å². The molecular formula is C22H35BrN4O3. The number of anilines is 2. The van der Waals surface area contributed by atoms with E-state index in [0.29, 0.717) is 13.1 Å². The maximum atomic E-state index is 12.4. The third kappa shape index (κ3) is 6.23. The standard InChI is InChI=1S/C22H35BrN4O3/c1-21(2,3)29-17-7-8-27(15-17)18-13-16(23)14-24-19(18)25-9-11-26(12-10-25)20(28)30-22(4,5)6/h13-14,17H,7-12,15H2,1-6H3/t17-/m0/s1. The zero-order valence-corrected chi connectivity index (χ0v) is 20.7. The second-order valence-electron chi connectivity index (χ2n) is 10.0. The van der Waals surface area contributed by atoms with Crippen molar-refractivity contribution in [3.05, 3.63) is 16.7 Å². The molecule has 1 aromatic rings. The van der Waals surface area contributed by atoms with E-state index in [1.165, 1.54) is 0 Å². The number of piperazine rings is 1. The van der Waals surface area contributed by atoms with Gasteiger partial charge in [0.05, 0.1) is 17.4 Å². The van der Waals surface area contributed by atoms with Gasteiger partial charge in [0.1, 0.15) is 5.60 Å². The molecule has 0 aliphatic carbocycles. The van der Waals surface area contributed by atoms with Gasteiger partial charge in [0, 0.05) is 49.9 Å². The first-order chi connectivity index (χ1) is 13.9. The monoisotopic (exact) mass is 482 g/mol. The van der Waals surface area contributed by atoms with Gasteiger partial charge in [-0.25, -0.2) is 9.78 Å². The minimum Gasteiger partial charge on any atom is -0.444 e. The number of halogens is 1. The second kappa shape index (κ2) is 8.91. The van der Waals surface area contributed by atoms with Crippen LogP contribution in [-0.4, -0.2) is 72.6 Å². The summed E-state index contributed by atoms with van der Waals surface area (Å²) in [6.45, 7) is 16.5. The lowest BCUT2D eigenvalue weighted by molar-refractivity contribution is -0.0492. The van der Waals surface area contributed by atoms with Crippen molar-refractivity contribution >= 4 is 33.5 Å². The first kappa shape index (κ1) is 23.1. The van der Waals surface area contributed by atoms with Gasteiger partial charge in [-0.3, -0.25) is 0 Å². The molecule has 0 unspecified atom stereocenters. The Labute approximate surface area is 188 Å². The summed E-state index contributed by atoms with van der Waals surface area (Å²) in [5.74, 6) is 0.971. The van der Waals surface area contributed by atoms with Gasteiger partial charge in [-0.2, -0.15) is 0 Å². The maximum Gasteiger partial charge on any atom is 0.410 e. The zero-order chi connectivity index (χ0) is 22.1. The molecule has 2 saturated heterocycles. The lowest BCUT2D eigenvalue weighted by atomic mass is 10.2. The molecule has 1 aromatic heterocycles.